The van der Waals surface area contributed by atoms with Gasteiger partial charge in [0.1, 0.15) is 0 Å². The predicted octanol–water partition coefficient (Wildman–Crippen LogP) is 2.65. The van der Waals surface area contributed by atoms with Gasteiger partial charge in [-0.1, -0.05) is 18.2 Å². The van der Waals surface area contributed by atoms with Crippen LogP contribution >= 0.6 is 0 Å². The Morgan fingerprint density at radius 1 is 1.20 bits per heavy atom. The molecule has 0 bridgehead atoms. The molecule has 1 aromatic carbocycles. The molecule has 2 nitrogen and oxygen atoms in total. The van der Waals surface area contributed by atoms with Gasteiger partial charge in [0.15, 0.2) is 0 Å². The van der Waals surface area contributed by atoms with Crippen molar-refractivity contribution in [1.29, 1.82) is 0 Å². The van der Waals surface area contributed by atoms with Crippen LogP contribution in [0, 0.1) is 0 Å². The lowest BCUT2D eigenvalue weighted by atomic mass is 10.1. The Kier molecular flexibility index (Phi) is 2.19. The summed E-state index contributed by atoms with van der Waals surface area (Å²) in [6.07, 6.45) is -4.37. The zero-order valence-electron chi connectivity index (χ0n) is 7.73. The highest BCUT2D eigenvalue weighted by Crippen LogP contribution is 2.37. The lowest BCUT2D eigenvalue weighted by molar-refractivity contribution is -0.136. The molecule has 0 saturated heterocycles. The van der Waals surface area contributed by atoms with E-state index in [0.717, 1.165) is 0 Å². The van der Waals surface area contributed by atoms with E-state index in [1.54, 1.807) is 18.2 Å². The lowest BCUT2D eigenvalue weighted by Gasteiger charge is -2.07. The highest BCUT2D eigenvalue weighted by atomic mass is 19.4. The van der Waals surface area contributed by atoms with Crippen LogP contribution in [0.5, 0.6) is 0 Å². The number of nitrogens with two attached hydrogens (primary N) is 1. The molecule has 80 valence electrons. The number of fused-ring (bicyclic) bond motifs is 1. The van der Waals surface area contributed by atoms with E-state index in [2.05, 4.69) is 4.98 Å². The number of nitrogens with one attached hydrogen (secondary N) is 1. The van der Waals surface area contributed by atoms with Crippen LogP contribution < -0.4 is 5.73 Å². The topological polar surface area (TPSA) is 41.8 Å². The van der Waals surface area contributed by atoms with Gasteiger partial charge in [-0.2, -0.15) is 13.2 Å². The third kappa shape index (κ3) is 1.59. The number of aromatic amines is 1. The molecule has 0 radical (unpaired) electrons. The van der Waals surface area contributed by atoms with Crippen molar-refractivity contribution in [2.45, 2.75) is 12.7 Å². The van der Waals surface area contributed by atoms with Crippen molar-refractivity contribution in [1.82, 2.24) is 4.98 Å². The van der Waals surface area contributed by atoms with Gasteiger partial charge in [-0.05, 0) is 6.07 Å². The summed E-state index contributed by atoms with van der Waals surface area (Å²) in [6.45, 7) is -0.149. The van der Waals surface area contributed by atoms with E-state index in [4.69, 9.17) is 5.73 Å². The average Bonchev–Trinajstić information content (AvgIpc) is 2.54. The fourth-order valence-corrected chi connectivity index (χ4v) is 1.67. The maximum Gasteiger partial charge on any atom is 0.418 e. The lowest BCUT2D eigenvalue weighted by Crippen LogP contribution is -2.10. The molecule has 0 saturated carbocycles. The highest BCUT2D eigenvalue weighted by molar-refractivity contribution is 5.85. The number of hydrogen-bond acceptors (Lipinski definition) is 1. The first-order chi connectivity index (χ1) is 7.04. The molecule has 5 heteroatoms. The second-order valence-electron chi connectivity index (χ2n) is 3.23. The maximum absolute atomic E-state index is 12.7. The van der Waals surface area contributed by atoms with Crippen molar-refractivity contribution < 1.29 is 13.2 Å². The molecule has 3 N–H and O–H groups in total. The first-order valence-corrected chi connectivity index (χ1v) is 4.41. The van der Waals surface area contributed by atoms with Crippen molar-refractivity contribution >= 4 is 10.9 Å². The van der Waals surface area contributed by atoms with Gasteiger partial charge in [-0.3, -0.25) is 0 Å². The number of para-hydroxylation sites is 1. The van der Waals surface area contributed by atoms with Crippen LogP contribution in [0.3, 0.4) is 0 Å². The quantitative estimate of drug-likeness (QED) is 0.752. The number of rotatable bonds is 1. The zero-order chi connectivity index (χ0) is 11.1. The standard InChI is InChI=1S/C10H9F3N2/c11-10(12,13)9-6-3-1-2-4-7(6)15-8(9)5-14/h1-4,15H,5,14H2. The molecule has 0 spiro atoms. The zero-order valence-corrected chi connectivity index (χ0v) is 7.73. The molecule has 1 heterocycles. The van der Waals surface area contributed by atoms with Crippen LogP contribution in [-0.4, -0.2) is 4.98 Å². The highest BCUT2D eigenvalue weighted by Gasteiger charge is 2.36. The van der Waals surface area contributed by atoms with Gasteiger partial charge < -0.3 is 10.7 Å². The van der Waals surface area contributed by atoms with E-state index in [1.807, 2.05) is 0 Å². The number of aromatic nitrogens is 1. The molecule has 2 rings (SSSR count). The molecule has 2 aromatic rings. The Balaban J connectivity index is 2.79. The van der Waals surface area contributed by atoms with Crippen molar-refractivity contribution in [2.24, 2.45) is 5.73 Å². The number of benzene rings is 1. The molecule has 0 amide bonds. The van der Waals surface area contributed by atoms with E-state index >= 15 is 0 Å². The van der Waals surface area contributed by atoms with Gasteiger partial charge in [0.2, 0.25) is 0 Å². The van der Waals surface area contributed by atoms with E-state index in [-0.39, 0.29) is 17.6 Å². The first-order valence-electron chi connectivity index (χ1n) is 4.41. The van der Waals surface area contributed by atoms with Crippen LogP contribution in [0.25, 0.3) is 10.9 Å². The van der Waals surface area contributed by atoms with Gasteiger partial charge in [0, 0.05) is 23.1 Å². The summed E-state index contributed by atoms with van der Waals surface area (Å²) in [4.78, 5) is 2.68. The molecule has 0 fully saturated rings. The molecule has 15 heavy (non-hydrogen) atoms. The molecular formula is C10H9F3N2. The Morgan fingerprint density at radius 2 is 1.87 bits per heavy atom. The summed E-state index contributed by atoms with van der Waals surface area (Å²) in [6, 6.07) is 6.29. The molecule has 0 atom stereocenters. The number of hydrogen-bond donors (Lipinski definition) is 2. The smallest absolute Gasteiger partial charge is 0.357 e. The molecule has 1 aromatic heterocycles. The second kappa shape index (κ2) is 3.27. The van der Waals surface area contributed by atoms with Crippen LogP contribution in [0.1, 0.15) is 11.3 Å². The Hall–Kier alpha value is -1.49. The molecular weight excluding hydrogens is 205 g/mol. The van der Waals surface area contributed by atoms with Crippen molar-refractivity contribution in [2.75, 3.05) is 0 Å². The summed E-state index contributed by atoms with van der Waals surface area (Å²) in [5, 5.41) is 0.172. The first kappa shape index (κ1) is 10.0. The Morgan fingerprint density at radius 3 is 2.47 bits per heavy atom. The normalized spacial score (nSPS) is 12.3. The summed E-state index contributed by atoms with van der Waals surface area (Å²) < 4.78 is 38.2. The fourth-order valence-electron chi connectivity index (χ4n) is 1.67. The van der Waals surface area contributed by atoms with Gasteiger partial charge in [-0.15, -0.1) is 0 Å². The summed E-state index contributed by atoms with van der Waals surface area (Å²) in [5.41, 5.74) is 5.12. The van der Waals surface area contributed by atoms with Gasteiger partial charge in [-0.25, -0.2) is 0 Å². The largest absolute Gasteiger partial charge is 0.418 e. The molecule has 0 aliphatic carbocycles. The average molecular weight is 214 g/mol. The molecule has 0 aliphatic rings. The summed E-state index contributed by atoms with van der Waals surface area (Å²) in [7, 11) is 0. The van der Waals surface area contributed by atoms with Crippen LogP contribution in [0.15, 0.2) is 24.3 Å². The fraction of sp³-hybridized carbons (Fsp3) is 0.200. The minimum atomic E-state index is -4.37. The third-order valence-electron chi connectivity index (χ3n) is 2.27. The van der Waals surface area contributed by atoms with E-state index in [1.165, 1.54) is 6.07 Å². The monoisotopic (exact) mass is 214 g/mol. The van der Waals surface area contributed by atoms with Crippen molar-refractivity contribution in [3.05, 3.63) is 35.5 Å². The van der Waals surface area contributed by atoms with E-state index < -0.39 is 11.7 Å². The van der Waals surface area contributed by atoms with Gasteiger partial charge in [0.05, 0.1) is 5.56 Å². The van der Waals surface area contributed by atoms with Crippen LogP contribution in [0.4, 0.5) is 13.2 Å². The Bertz CT molecular complexity index is 485. The predicted molar refractivity (Wildman–Crippen MR) is 51.2 cm³/mol. The number of H-pyrrole nitrogens is 1. The number of halogens is 3. The molecule has 0 unspecified atom stereocenters. The van der Waals surface area contributed by atoms with E-state index in [9.17, 15) is 13.2 Å². The second-order valence-corrected chi connectivity index (χ2v) is 3.23. The van der Waals surface area contributed by atoms with Gasteiger partial charge >= 0.3 is 6.18 Å². The number of alkyl halides is 3. The Labute approximate surface area is 83.9 Å². The van der Waals surface area contributed by atoms with E-state index in [0.29, 0.717) is 5.52 Å². The van der Waals surface area contributed by atoms with Gasteiger partial charge in [0.25, 0.3) is 0 Å². The SMILES string of the molecule is NCc1[nH]c2ccccc2c1C(F)(F)F. The molecule has 0 aliphatic heterocycles. The third-order valence-corrected chi connectivity index (χ3v) is 2.27. The minimum absolute atomic E-state index is 0.0312. The maximum atomic E-state index is 12.7. The van der Waals surface area contributed by atoms with Crippen molar-refractivity contribution in [3.8, 4) is 0 Å². The van der Waals surface area contributed by atoms with Crippen LogP contribution in [-0.2, 0) is 12.7 Å². The van der Waals surface area contributed by atoms with Crippen LogP contribution in [0.2, 0.25) is 0 Å². The minimum Gasteiger partial charge on any atom is -0.357 e. The summed E-state index contributed by atoms with van der Waals surface area (Å²) >= 11 is 0. The van der Waals surface area contributed by atoms with Crippen molar-refractivity contribution in [3.63, 3.8) is 0 Å². The summed E-state index contributed by atoms with van der Waals surface area (Å²) in [5.74, 6) is 0.